The fraction of sp³-hybridized carbons (Fsp3) is 0.111. The Morgan fingerprint density at radius 3 is 2.63 bits per heavy atom. The van der Waals surface area contributed by atoms with Crippen LogP contribution in [0.5, 0.6) is 11.5 Å². The Morgan fingerprint density at radius 2 is 1.89 bits per heavy atom. The minimum absolute atomic E-state index is 0. The van der Waals surface area contributed by atoms with Gasteiger partial charge in [-0.3, -0.25) is 4.57 Å². The van der Waals surface area contributed by atoms with Gasteiger partial charge in [-0.05, 0) is 24.3 Å². The van der Waals surface area contributed by atoms with E-state index in [4.69, 9.17) is 10.5 Å². The van der Waals surface area contributed by atoms with Crippen molar-refractivity contribution in [2.75, 3.05) is 5.32 Å². The molecule has 0 saturated carbocycles. The van der Waals surface area contributed by atoms with E-state index in [1.807, 2.05) is 36.4 Å². The molecule has 0 spiro atoms. The SMILES string of the molecule is I.NC(=NCc1nccn1C(F)F)Nc1cccc(Oc2ccccc2)c1. The van der Waals surface area contributed by atoms with Crippen LogP contribution in [0.1, 0.15) is 12.4 Å². The quantitative estimate of drug-likeness (QED) is 0.304. The second-order valence-electron chi connectivity index (χ2n) is 5.30. The molecule has 2 aromatic carbocycles. The molecule has 0 aliphatic heterocycles. The second-order valence-corrected chi connectivity index (χ2v) is 5.30. The van der Waals surface area contributed by atoms with Crippen molar-refractivity contribution in [1.29, 1.82) is 0 Å². The van der Waals surface area contributed by atoms with Gasteiger partial charge in [-0.25, -0.2) is 9.98 Å². The van der Waals surface area contributed by atoms with Crippen LogP contribution < -0.4 is 15.8 Å². The van der Waals surface area contributed by atoms with Crippen molar-refractivity contribution in [3.8, 4) is 11.5 Å². The highest BCUT2D eigenvalue weighted by molar-refractivity contribution is 14.0. The van der Waals surface area contributed by atoms with Gasteiger partial charge in [0.25, 0.3) is 0 Å². The summed E-state index contributed by atoms with van der Waals surface area (Å²) < 4.78 is 32.0. The average molecular weight is 485 g/mol. The number of imidazole rings is 1. The zero-order chi connectivity index (χ0) is 18.4. The third kappa shape index (κ3) is 5.91. The van der Waals surface area contributed by atoms with Crippen LogP contribution in [0.25, 0.3) is 0 Å². The van der Waals surface area contributed by atoms with Crippen LogP contribution in [0.4, 0.5) is 14.5 Å². The summed E-state index contributed by atoms with van der Waals surface area (Å²) >= 11 is 0. The molecule has 0 aliphatic rings. The summed E-state index contributed by atoms with van der Waals surface area (Å²) in [5.74, 6) is 1.56. The monoisotopic (exact) mass is 485 g/mol. The number of benzene rings is 2. The van der Waals surface area contributed by atoms with E-state index < -0.39 is 6.55 Å². The molecular formula is C18H18F2IN5O. The first-order chi connectivity index (χ1) is 12.6. The summed E-state index contributed by atoms with van der Waals surface area (Å²) in [6.07, 6.45) is 2.49. The van der Waals surface area contributed by atoms with E-state index in [-0.39, 0.29) is 42.3 Å². The maximum absolute atomic E-state index is 12.8. The molecular weight excluding hydrogens is 467 g/mol. The summed E-state index contributed by atoms with van der Waals surface area (Å²) in [5.41, 5.74) is 6.49. The number of para-hydroxylation sites is 1. The number of nitrogens with one attached hydrogen (secondary N) is 1. The highest BCUT2D eigenvalue weighted by Crippen LogP contribution is 2.23. The van der Waals surface area contributed by atoms with Gasteiger partial charge in [0.2, 0.25) is 0 Å². The topological polar surface area (TPSA) is 77.5 Å². The normalized spacial score (nSPS) is 11.1. The number of ether oxygens (including phenoxy) is 1. The van der Waals surface area contributed by atoms with Gasteiger partial charge in [0.1, 0.15) is 23.9 Å². The van der Waals surface area contributed by atoms with Crippen LogP contribution >= 0.6 is 24.0 Å². The first-order valence-corrected chi connectivity index (χ1v) is 7.81. The van der Waals surface area contributed by atoms with Gasteiger partial charge in [0.05, 0.1) is 0 Å². The molecule has 0 bridgehead atoms. The third-order valence-corrected chi connectivity index (χ3v) is 3.44. The van der Waals surface area contributed by atoms with Crippen molar-refractivity contribution in [3.63, 3.8) is 0 Å². The van der Waals surface area contributed by atoms with Crippen LogP contribution in [0, 0.1) is 0 Å². The Kier molecular flexibility index (Phi) is 7.53. The van der Waals surface area contributed by atoms with Gasteiger partial charge < -0.3 is 15.8 Å². The number of halogens is 3. The van der Waals surface area contributed by atoms with E-state index in [0.717, 1.165) is 4.57 Å². The van der Waals surface area contributed by atoms with Crippen molar-refractivity contribution in [2.45, 2.75) is 13.1 Å². The molecule has 3 aromatic rings. The number of aromatic nitrogens is 2. The summed E-state index contributed by atoms with van der Waals surface area (Å²) in [5, 5.41) is 2.90. The summed E-state index contributed by atoms with van der Waals surface area (Å²) in [6, 6.07) is 16.5. The Bertz CT molecular complexity index is 886. The van der Waals surface area contributed by atoms with Crippen LogP contribution in [0.2, 0.25) is 0 Å². The number of aliphatic imine (C=N–C) groups is 1. The molecule has 9 heteroatoms. The minimum Gasteiger partial charge on any atom is -0.457 e. The van der Waals surface area contributed by atoms with Gasteiger partial charge in [-0.1, -0.05) is 24.3 Å². The molecule has 142 valence electrons. The number of guanidine groups is 1. The lowest BCUT2D eigenvalue weighted by Gasteiger charge is -2.09. The molecule has 0 fully saturated rings. The predicted octanol–water partition coefficient (Wildman–Crippen LogP) is 4.62. The van der Waals surface area contributed by atoms with E-state index in [1.165, 1.54) is 12.4 Å². The van der Waals surface area contributed by atoms with Crippen molar-refractivity contribution in [3.05, 3.63) is 72.8 Å². The van der Waals surface area contributed by atoms with Crippen molar-refractivity contribution >= 4 is 35.6 Å². The predicted molar refractivity (Wildman–Crippen MR) is 111 cm³/mol. The highest BCUT2D eigenvalue weighted by Gasteiger charge is 2.10. The van der Waals surface area contributed by atoms with Crippen molar-refractivity contribution in [1.82, 2.24) is 9.55 Å². The number of anilines is 1. The number of nitrogens with two attached hydrogens (primary N) is 1. The van der Waals surface area contributed by atoms with E-state index in [2.05, 4.69) is 15.3 Å². The lowest BCUT2D eigenvalue weighted by Crippen LogP contribution is -2.22. The largest absolute Gasteiger partial charge is 0.457 e. The van der Waals surface area contributed by atoms with Crippen LogP contribution in [-0.2, 0) is 6.54 Å². The van der Waals surface area contributed by atoms with Crippen LogP contribution in [0.15, 0.2) is 72.0 Å². The molecule has 0 radical (unpaired) electrons. The number of alkyl halides is 2. The molecule has 0 atom stereocenters. The number of rotatable bonds is 6. The first kappa shape index (κ1) is 20.6. The third-order valence-electron chi connectivity index (χ3n) is 3.44. The Labute approximate surface area is 172 Å². The van der Waals surface area contributed by atoms with Gasteiger partial charge in [-0.15, -0.1) is 24.0 Å². The Hall–Kier alpha value is -2.69. The standard InChI is InChI=1S/C18H17F2N5O.HI/c19-17(20)25-10-9-22-16(25)12-23-18(21)24-13-5-4-8-15(11-13)26-14-6-2-1-3-7-14;/h1-11,17H,12H2,(H3,21,23,24);1H. The molecule has 1 heterocycles. The molecule has 0 amide bonds. The number of hydrogen-bond donors (Lipinski definition) is 2. The zero-order valence-corrected chi connectivity index (χ0v) is 16.5. The Balaban J connectivity index is 0.00000261. The van der Waals surface area contributed by atoms with E-state index in [1.54, 1.807) is 18.2 Å². The number of nitrogens with zero attached hydrogens (tertiary/aromatic N) is 3. The zero-order valence-electron chi connectivity index (χ0n) is 14.1. The summed E-state index contributed by atoms with van der Waals surface area (Å²) in [4.78, 5) is 7.89. The lowest BCUT2D eigenvalue weighted by molar-refractivity contribution is 0.0671. The lowest BCUT2D eigenvalue weighted by atomic mass is 10.3. The van der Waals surface area contributed by atoms with E-state index in [9.17, 15) is 8.78 Å². The Morgan fingerprint density at radius 1 is 1.15 bits per heavy atom. The van der Waals surface area contributed by atoms with Gasteiger partial charge >= 0.3 is 6.55 Å². The smallest absolute Gasteiger partial charge is 0.319 e. The maximum atomic E-state index is 12.8. The summed E-state index contributed by atoms with van der Waals surface area (Å²) in [7, 11) is 0. The van der Waals surface area contributed by atoms with E-state index in [0.29, 0.717) is 17.2 Å². The molecule has 1 aromatic heterocycles. The molecule has 0 saturated heterocycles. The van der Waals surface area contributed by atoms with Crippen LogP contribution in [-0.4, -0.2) is 15.5 Å². The van der Waals surface area contributed by atoms with Crippen molar-refractivity contribution < 1.29 is 13.5 Å². The van der Waals surface area contributed by atoms with Gasteiger partial charge in [0.15, 0.2) is 5.96 Å². The fourth-order valence-electron chi connectivity index (χ4n) is 2.25. The van der Waals surface area contributed by atoms with Crippen LogP contribution in [0.3, 0.4) is 0 Å². The van der Waals surface area contributed by atoms with Gasteiger partial charge in [0, 0.05) is 24.1 Å². The molecule has 0 unspecified atom stereocenters. The summed E-state index contributed by atoms with van der Waals surface area (Å²) in [6.45, 7) is -2.72. The van der Waals surface area contributed by atoms with Crippen molar-refractivity contribution in [2.24, 2.45) is 10.7 Å². The van der Waals surface area contributed by atoms with Gasteiger partial charge in [-0.2, -0.15) is 8.78 Å². The second kappa shape index (κ2) is 9.86. The first-order valence-electron chi connectivity index (χ1n) is 7.81. The number of hydrogen-bond acceptors (Lipinski definition) is 3. The average Bonchev–Trinajstić information content (AvgIpc) is 3.10. The molecule has 3 rings (SSSR count). The van der Waals surface area contributed by atoms with E-state index >= 15 is 0 Å². The fourth-order valence-corrected chi connectivity index (χ4v) is 2.25. The maximum Gasteiger partial charge on any atom is 0.319 e. The highest BCUT2D eigenvalue weighted by atomic mass is 127. The molecule has 6 nitrogen and oxygen atoms in total. The molecule has 3 N–H and O–H groups in total. The molecule has 0 aliphatic carbocycles. The molecule has 27 heavy (non-hydrogen) atoms. The minimum atomic E-state index is -2.66.